The average Bonchev–Trinajstić information content (AvgIpc) is 2.37. The van der Waals surface area contributed by atoms with Gasteiger partial charge in [0, 0.05) is 13.2 Å². The molecule has 2 N–H and O–H groups in total. The van der Waals surface area contributed by atoms with Crippen molar-refractivity contribution in [1.29, 1.82) is 0 Å². The lowest BCUT2D eigenvalue weighted by molar-refractivity contribution is -0.132. The Morgan fingerprint density at radius 1 is 1.37 bits per heavy atom. The van der Waals surface area contributed by atoms with Gasteiger partial charge < -0.3 is 15.4 Å². The van der Waals surface area contributed by atoms with E-state index in [1.165, 1.54) is 7.11 Å². The molecule has 1 rings (SSSR count). The highest BCUT2D eigenvalue weighted by Gasteiger charge is 2.25. The SMILES string of the molecule is COCC(=O)N[C@H](C(=O)N[C@@H]1CC=CCC1)C(C)C. The molecule has 5 nitrogen and oxygen atoms in total. The predicted molar refractivity (Wildman–Crippen MR) is 73.6 cm³/mol. The standard InChI is InChI=1S/C14H24N2O3/c1-10(2)13(16-12(17)9-19-3)14(18)15-11-7-5-4-6-8-11/h4-5,10-11,13H,6-9H2,1-3H3,(H,15,18)(H,16,17)/t11-,13+/m1/s1. The normalized spacial score (nSPS) is 20.1. The molecule has 0 aliphatic heterocycles. The first-order valence-electron chi connectivity index (χ1n) is 6.78. The summed E-state index contributed by atoms with van der Waals surface area (Å²) in [5, 5.41) is 5.71. The summed E-state index contributed by atoms with van der Waals surface area (Å²) in [6, 6.07) is -0.327. The number of nitrogens with one attached hydrogen (secondary N) is 2. The molecular weight excluding hydrogens is 244 g/mol. The van der Waals surface area contributed by atoms with Crippen molar-refractivity contribution < 1.29 is 14.3 Å². The zero-order valence-electron chi connectivity index (χ0n) is 11.9. The summed E-state index contributed by atoms with van der Waals surface area (Å²) in [6.45, 7) is 3.80. The first kappa shape index (κ1) is 15.7. The predicted octanol–water partition coefficient (Wildman–Crippen LogP) is 0.998. The van der Waals surface area contributed by atoms with Gasteiger partial charge in [0.15, 0.2) is 0 Å². The Bertz CT molecular complexity index is 340. The number of carbonyl (C=O) groups excluding carboxylic acids is 2. The van der Waals surface area contributed by atoms with Crippen LogP contribution in [0.15, 0.2) is 12.2 Å². The molecule has 0 saturated carbocycles. The summed E-state index contributed by atoms with van der Waals surface area (Å²) < 4.78 is 4.76. The van der Waals surface area contributed by atoms with Crippen molar-refractivity contribution in [3.8, 4) is 0 Å². The maximum absolute atomic E-state index is 12.2. The van der Waals surface area contributed by atoms with E-state index in [0.29, 0.717) is 0 Å². The molecule has 1 aliphatic carbocycles. The number of amides is 2. The van der Waals surface area contributed by atoms with Gasteiger partial charge in [-0.2, -0.15) is 0 Å². The molecule has 5 heteroatoms. The van der Waals surface area contributed by atoms with Crippen LogP contribution in [0.25, 0.3) is 0 Å². The number of ether oxygens (including phenoxy) is 1. The quantitative estimate of drug-likeness (QED) is 0.706. The lowest BCUT2D eigenvalue weighted by Crippen LogP contribution is -2.52. The number of rotatable bonds is 6. The van der Waals surface area contributed by atoms with Gasteiger partial charge in [-0.15, -0.1) is 0 Å². The molecule has 0 aromatic rings. The molecule has 2 atom stereocenters. The molecule has 0 unspecified atom stereocenters. The van der Waals surface area contributed by atoms with Gasteiger partial charge in [-0.1, -0.05) is 26.0 Å². The molecule has 0 aromatic carbocycles. The minimum Gasteiger partial charge on any atom is -0.375 e. The van der Waals surface area contributed by atoms with Gasteiger partial charge in [0.05, 0.1) is 0 Å². The molecule has 108 valence electrons. The van der Waals surface area contributed by atoms with Crippen molar-refractivity contribution in [3.63, 3.8) is 0 Å². The molecule has 0 radical (unpaired) electrons. The second-order valence-corrected chi connectivity index (χ2v) is 5.21. The summed E-state index contributed by atoms with van der Waals surface area (Å²) >= 11 is 0. The van der Waals surface area contributed by atoms with Gasteiger partial charge in [-0.3, -0.25) is 9.59 Å². The van der Waals surface area contributed by atoms with Crippen LogP contribution in [0.4, 0.5) is 0 Å². The average molecular weight is 268 g/mol. The highest BCUT2D eigenvalue weighted by molar-refractivity contribution is 5.88. The minimum absolute atomic E-state index is 0.0251. The molecule has 19 heavy (non-hydrogen) atoms. The fraction of sp³-hybridized carbons (Fsp3) is 0.714. The van der Waals surface area contributed by atoms with Crippen LogP contribution in [-0.2, 0) is 14.3 Å². The molecule has 2 amide bonds. The third-order valence-corrected chi connectivity index (χ3v) is 3.16. The number of hydrogen-bond acceptors (Lipinski definition) is 3. The zero-order chi connectivity index (χ0) is 14.3. The Balaban J connectivity index is 2.52. The summed E-state index contributed by atoms with van der Waals surface area (Å²) in [5.41, 5.74) is 0. The second-order valence-electron chi connectivity index (χ2n) is 5.21. The Morgan fingerprint density at radius 3 is 2.63 bits per heavy atom. The summed E-state index contributed by atoms with van der Waals surface area (Å²) in [6.07, 6.45) is 7.03. The lowest BCUT2D eigenvalue weighted by Gasteiger charge is -2.26. The Labute approximate surface area is 114 Å². The third kappa shape index (κ3) is 5.42. The van der Waals surface area contributed by atoms with Crippen LogP contribution in [0.1, 0.15) is 33.1 Å². The summed E-state index contributed by atoms with van der Waals surface area (Å²) in [7, 11) is 1.46. The molecule has 1 aliphatic rings. The highest BCUT2D eigenvalue weighted by atomic mass is 16.5. The fourth-order valence-electron chi connectivity index (χ4n) is 2.10. The van der Waals surface area contributed by atoms with Crippen LogP contribution < -0.4 is 10.6 Å². The van der Waals surface area contributed by atoms with E-state index in [-0.39, 0.29) is 30.4 Å². The lowest BCUT2D eigenvalue weighted by atomic mass is 9.99. The van der Waals surface area contributed by atoms with Gasteiger partial charge in [0.2, 0.25) is 11.8 Å². The van der Waals surface area contributed by atoms with Crippen molar-refractivity contribution in [3.05, 3.63) is 12.2 Å². The van der Waals surface area contributed by atoms with E-state index < -0.39 is 6.04 Å². The molecule has 0 fully saturated rings. The molecule has 0 spiro atoms. The third-order valence-electron chi connectivity index (χ3n) is 3.16. The first-order chi connectivity index (χ1) is 9.04. The van der Waals surface area contributed by atoms with Gasteiger partial charge in [0.1, 0.15) is 12.6 Å². The summed E-state index contributed by atoms with van der Waals surface area (Å²) in [5.74, 6) is -0.334. The van der Waals surface area contributed by atoms with Crippen LogP contribution in [0.5, 0.6) is 0 Å². The topological polar surface area (TPSA) is 67.4 Å². The minimum atomic E-state index is -0.506. The summed E-state index contributed by atoms with van der Waals surface area (Å²) in [4.78, 5) is 23.7. The maximum atomic E-state index is 12.2. The van der Waals surface area contributed by atoms with Gasteiger partial charge in [-0.25, -0.2) is 0 Å². The van der Waals surface area contributed by atoms with Crippen molar-refractivity contribution in [1.82, 2.24) is 10.6 Å². The van der Waals surface area contributed by atoms with E-state index in [1.54, 1.807) is 0 Å². The monoisotopic (exact) mass is 268 g/mol. The number of hydrogen-bond donors (Lipinski definition) is 2. The van der Waals surface area contributed by atoms with E-state index in [2.05, 4.69) is 22.8 Å². The second kappa shape index (κ2) is 7.94. The Hall–Kier alpha value is -1.36. The van der Waals surface area contributed by atoms with E-state index in [9.17, 15) is 9.59 Å². The van der Waals surface area contributed by atoms with Gasteiger partial charge in [0.25, 0.3) is 0 Å². The van der Waals surface area contributed by atoms with E-state index in [1.807, 2.05) is 13.8 Å². The molecule has 0 heterocycles. The Kier molecular flexibility index (Phi) is 6.56. The number of carbonyl (C=O) groups is 2. The van der Waals surface area contributed by atoms with Crippen LogP contribution in [0, 0.1) is 5.92 Å². The number of methoxy groups -OCH3 is 1. The fourth-order valence-corrected chi connectivity index (χ4v) is 2.10. The largest absolute Gasteiger partial charge is 0.375 e. The molecule has 0 saturated heterocycles. The van der Waals surface area contributed by atoms with E-state index in [0.717, 1.165) is 19.3 Å². The molecule has 0 bridgehead atoms. The van der Waals surface area contributed by atoms with Crippen molar-refractivity contribution >= 4 is 11.8 Å². The van der Waals surface area contributed by atoms with Crippen LogP contribution in [0.2, 0.25) is 0 Å². The zero-order valence-corrected chi connectivity index (χ0v) is 11.9. The molecule has 0 aromatic heterocycles. The van der Waals surface area contributed by atoms with E-state index in [4.69, 9.17) is 4.74 Å². The van der Waals surface area contributed by atoms with E-state index >= 15 is 0 Å². The van der Waals surface area contributed by atoms with Gasteiger partial charge >= 0.3 is 0 Å². The van der Waals surface area contributed by atoms with Crippen molar-refractivity contribution in [2.45, 2.75) is 45.2 Å². The van der Waals surface area contributed by atoms with Crippen LogP contribution in [0.3, 0.4) is 0 Å². The van der Waals surface area contributed by atoms with Crippen LogP contribution >= 0.6 is 0 Å². The van der Waals surface area contributed by atoms with Crippen molar-refractivity contribution in [2.75, 3.05) is 13.7 Å². The van der Waals surface area contributed by atoms with Crippen molar-refractivity contribution in [2.24, 2.45) is 5.92 Å². The smallest absolute Gasteiger partial charge is 0.246 e. The Morgan fingerprint density at radius 2 is 2.11 bits per heavy atom. The van der Waals surface area contributed by atoms with Crippen LogP contribution in [-0.4, -0.2) is 37.6 Å². The number of allylic oxidation sites excluding steroid dienone is 1. The maximum Gasteiger partial charge on any atom is 0.246 e. The highest BCUT2D eigenvalue weighted by Crippen LogP contribution is 2.11. The molecular formula is C14H24N2O3. The van der Waals surface area contributed by atoms with Gasteiger partial charge in [-0.05, 0) is 25.2 Å². The first-order valence-corrected chi connectivity index (χ1v) is 6.78.